The summed E-state index contributed by atoms with van der Waals surface area (Å²) in [6, 6.07) is 22.0. The molecule has 0 aliphatic rings. The van der Waals surface area contributed by atoms with Crippen LogP contribution in [0, 0.1) is 41.5 Å². The summed E-state index contributed by atoms with van der Waals surface area (Å²) >= 11 is 1.79. The number of fused-ring (bicyclic) bond motifs is 4. The van der Waals surface area contributed by atoms with Crippen LogP contribution in [0.1, 0.15) is 33.4 Å². The van der Waals surface area contributed by atoms with E-state index in [0.717, 1.165) is 38.3 Å². The van der Waals surface area contributed by atoms with Gasteiger partial charge in [-0.3, -0.25) is 0 Å². The van der Waals surface area contributed by atoms with Gasteiger partial charge >= 0.3 is 0 Å². The first kappa shape index (κ1) is 23.1. The fraction of sp³-hybridized carbons (Fsp3) is 0.176. The van der Waals surface area contributed by atoms with Gasteiger partial charge in [0, 0.05) is 11.1 Å². The standard InChI is InChI=1S/C34H28N2OS/c1-17-7-9-19(3)31-29(17)35-33(37-31)25-13-11-23-16-28-22(6)26(14-12-24(28)15-27(23)21(25)5)34-36-30-18(2)8-10-20(4)32(30)38-34/h7-16H,1-6H3. The molecule has 3 nitrogen and oxygen atoms in total. The van der Waals surface area contributed by atoms with Gasteiger partial charge in [-0.15, -0.1) is 11.3 Å². The third kappa shape index (κ3) is 3.33. The highest BCUT2D eigenvalue weighted by atomic mass is 32.1. The number of nitrogens with zero attached hydrogens (tertiary/aromatic N) is 2. The van der Waals surface area contributed by atoms with Gasteiger partial charge in [-0.1, -0.05) is 42.5 Å². The largest absolute Gasteiger partial charge is 0.436 e. The SMILES string of the molecule is Cc1c(-c2nc3c(C)ccc(C)c3o2)ccc2cc3c(C)c(-c4nc5c(C)ccc(C)c5s4)ccc3cc12. The zero-order chi connectivity index (χ0) is 26.3. The molecule has 0 saturated carbocycles. The van der Waals surface area contributed by atoms with Gasteiger partial charge in [-0.05, 0) is 115 Å². The van der Waals surface area contributed by atoms with Crippen molar-refractivity contribution < 1.29 is 4.42 Å². The van der Waals surface area contributed by atoms with Crippen LogP contribution in [0.2, 0.25) is 0 Å². The molecule has 0 bridgehead atoms. The highest BCUT2D eigenvalue weighted by molar-refractivity contribution is 7.21. The Morgan fingerprint density at radius 1 is 0.579 bits per heavy atom. The Kier molecular flexibility index (Phi) is 5.01. The summed E-state index contributed by atoms with van der Waals surface area (Å²) in [5.41, 5.74) is 12.4. The molecule has 0 unspecified atom stereocenters. The highest BCUT2D eigenvalue weighted by Gasteiger charge is 2.17. The van der Waals surface area contributed by atoms with E-state index in [4.69, 9.17) is 14.4 Å². The van der Waals surface area contributed by atoms with Crippen molar-refractivity contribution in [1.82, 2.24) is 9.97 Å². The number of oxazole rings is 1. The molecule has 0 spiro atoms. The molecule has 0 fully saturated rings. The molecule has 7 aromatic rings. The minimum absolute atomic E-state index is 0.685. The van der Waals surface area contributed by atoms with Gasteiger partial charge in [0.25, 0.3) is 0 Å². The van der Waals surface area contributed by atoms with Crippen LogP contribution in [-0.2, 0) is 0 Å². The number of rotatable bonds is 2. The van der Waals surface area contributed by atoms with Crippen LogP contribution in [0.3, 0.4) is 0 Å². The predicted molar refractivity (Wildman–Crippen MR) is 161 cm³/mol. The summed E-state index contributed by atoms with van der Waals surface area (Å²) in [4.78, 5) is 9.95. The lowest BCUT2D eigenvalue weighted by molar-refractivity contribution is 0.617. The second-order valence-electron chi connectivity index (χ2n) is 10.6. The van der Waals surface area contributed by atoms with E-state index in [-0.39, 0.29) is 0 Å². The Morgan fingerprint density at radius 2 is 1.16 bits per heavy atom. The lowest BCUT2D eigenvalue weighted by Crippen LogP contribution is -1.89. The van der Waals surface area contributed by atoms with Crippen LogP contribution < -0.4 is 0 Å². The first-order valence-electron chi connectivity index (χ1n) is 13.0. The predicted octanol–water partition coefficient (Wildman–Crippen LogP) is 9.93. The van der Waals surface area contributed by atoms with E-state index in [1.165, 1.54) is 54.1 Å². The summed E-state index contributed by atoms with van der Waals surface area (Å²) < 4.78 is 7.57. The fourth-order valence-electron chi connectivity index (χ4n) is 5.66. The molecule has 0 saturated heterocycles. The van der Waals surface area contributed by atoms with Crippen molar-refractivity contribution in [3.05, 3.63) is 94.0 Å². The molecule has 0 atom stereocenters. The summed E-state index contributed by atoms with van der Waals surface area (Å²) in [7, 11) is 0. The van der Waals surface area contributed by atoms with Crippen molar-refractivity contribution in [3.8, 4) is 22.0 Å². The molecule has 0 aliphatic heterocycles. The molecular weight excluding hydrogens is 484 g/mol. The lowest BCUT2D eigenvalue weighted by Gasteiger charge is -2.12. The number of hydrogen-bond acceptors (Lipinski definition) is 4. The Labute approximate surface area is 225 Å². The smallest absolute Gasteiger partial charge is 0.227 e. The van der Waals surface area contributed by atoms with Crippen molar-refractivity contribution in [2.45, 2.75) is 41.5 Å². The van der Waals surface area contributed by atoms with E-state index in [0.29, 0.717) is 5.89 Å². The second-order valence-corrected chi connectivity index (χ2v) is 11.6. The monoisotopic (exact) mass is 512 g/mol. The lowest BCUT2D eigenvalue weighted by atomic mass is 9.93. The molecule has 186 valence electrons. The van der Waals surface area contributed by atoms with Crippen LogP contribution in [0.25, 0.3) is 64.9 Å². The quantitative estimate of drug-likeness (QED) is 0.216. The normalized spacial score (nSPS) is 11.9. The van der Waals surface area contributed by atoms with Gasteiger partial charge in [0.2, 0.25) is 5.89 Å². The van der Waals surface area contributed by atoms with Crippen molar-refractivity contribution >= 4 is 54.2 Å². The molecule has 0 N–H and O–H groups in total. The van der Waals surface area contributed by atoms with E-state index >= 15 is 0 Å². The molecule has 0 amide bonds. The Hall–Kier alpha value is -4.02. The zero-order valence-corrected chi connectivity index (χ0v) is 23.3. The van der Waals surface area contributed by atoms with Gasteiger partial charge in [-0.25, -0.2) is 9.97 Å². The molecule has 0 radical (unpaired) electrons. The number of thiazole rings is 1. The number of aryl methyl sites for hydroxylation is 6. The first-order valence-corrected chi connectivity index (χ1v) is 13.8. The van der Waals surface area contributed by atoms with Crippen molar-refractivity contribution in [2.75, 3.05) is 0 Å². The molecule has 0 aliphatic carbocycles. The Bertz CT molecular complexity index is 1860. The Balaban J connectivity index is 1.39. The van der Waals surface area contributed by atoms with Crippen LogP contribution in [0.4, 0.5) is 0 Å². The molecule has 7 rings (SSSR count). The van der Waals surface area contributed by atoms with E-state index in [1.54, 1.807) is 11.3 Å². The maximum Gasteiger partial charge on any atom is 0.227 e. The van der Waals surface area contributed by atoms with E-state index in [2.05, 4.69) is 102 Å². The van der Waals surface area contributed by atoms with E-state index < -0.39 is 0 Å². The minimum Gasteiger partial charge on any atom is -0.436 e. The van der Waals surface area contributed by atoms with Gasteiger partial charge in [-0.2, -0.15) is 0 Å². The zero-order valence-electron chi connectivity index (χ0n) is 22.5. The second kappa shape index (κ2) is 8.24. The molecule has 2 aromatic heterocycles. The molecule has 4 heteroatoms. The molecule has 5 aromatic carbocycles. The maximum absolute atomic E-state index is 6.29. The van der Waals surface area contributed by atoms with E-state index in [1.807, 2.05) is 0 Å². The van der Waals surface area contributed by atoms with Gasteiger partial charge in [0.1, 0.15) is 10.5 Å². The van der Waals surface area contributed by atoms with Gasteiger partial charge in [0.05, 0.1) is 10.2 Å². The summed E-state index contributed by atoms with van der Waals surface area (Å²) in [6.07, 6.45) is 0. The number of hydrogen-bond donors (Lipinski definition) is 0. The average Bonchev–Trinajstić information content (AvgIpc) is 3.56. The maximum atomic E-state index is 6.29. The van der Waals surface area contributed by atoms with Crippen LogP contribution >= 0.6 is 11.3 Å². The van der Waals surface area contributed by atoms with E-state index in [9.17, 15) is 0 Å². The molecular formula is C34H28N2OS. The number of benzene rings is 5. The topological polar surface area (TPSA) is 38.9 Å². The number of aromatic nitrogens is 2. The van der Waals surface area contributed by atoms with Crippen molar-refractivity contribution in [3.63, 3.8) is 0 Å². The van der Waals surface area contributed by atoms with Crippen LogP contribution in [0.5, 0.6) is 0 Å². The van der Waals surface area contributed by atoms with Crippen molar-refractivity contribution in [2.24, 2.45) is 0 Å². The third-order valence-corrected chi connectivity index (χ3v) is 9.27. The first-order chi connectivity index (χ1) is 18.3. The summed E-state index contributed by atoms with van der Waals surface area (Å²) in [6.45, 7) is 12.9. The van der Waals surface area contributed by atoms with Crippen molar-refractivity contribution in [1.29, 1.82) is 0 Å². The highest BCUT2D eigenvalue weighted by Crippen LogP contribution is 2.39. The molecule has 38 heavy (non-hydrogen) atoms. The molecule has 2 heterocycles. The summed E-state index contributed by atoms with van der Waals surface area (Å²) in [5.74, 6) is 0.685. The van der Waals surface area contributed by atoms with Gasteiger partial charge in [0.15, 0.2) is 5.58 Å². The fourth-order valence-corrected chi connectivity index (χ4v) is 6.85. The minimum atomic E-state index is 0.685. The van der Waals surface area contributed by atoms with Gasteiger partial charge < -0.3 is 4.42 Å². The van der Waals surface area contributed by atoms with Crippen LogP contribution in [-0.4, -0.2) is 9.97 Å². The third-order valence-electron chi connectivity index (χ3n) is 8.04. The summed E-state index contributed by atoms with van der Waals surface area (Å²) in [5, 5.41) is 6.03. The Morgan fingerprint density at radius 3 is 1.82 bits per heavy atom. The van der Waals surface area contributed by atoms with Crippen LogP contribution in [0.15, 0.2) is 65.1 Å². The average molecular weight is 513 g/mol.